The van der Waals surface area contributed by atoms with Gasteiger partial charge in [0.1, 0.15) is 17.1 Å². The van der Waals surface area contributed by atoms with Crippen LogP contribution in [0, 0.1) is 0 Å². The number of carbonyl (C=O) groups is 2. The number of ether oxygens (including phenoxy) is 1. The van der Waals surface area contributed by atoms with Crippen molar-refractivity contribution in [3.05, 3.63) is 23.8 Å². The van der Waals surface area contributed by atoms with Crippen molar-refractivity contribution >= 4 is 17.4 Å². The summed E-state index contributed by atoms with van der Waals surface area (Å²) < 4.78 is 4.56. The van der Waals surface area contributed by atoms with Gasteiger partial charge in [0.25, 0.3) is 0 Å². The highest BCUT2D eigenvalue weighted by molar-refractivity contribution is 5.93. The molecule has 1 aliphatic heterocycles. The number of Topliss-reactive ketones (excluding diaryl/α,β-unsaturated/α-hetero) is 1. The molecule has 96 valence electrons. The third-order valence-corrected chi connectivity index (χ3v) is 3.07. The smallest absolute Gasteiger partial charge is 0.341 e. The Labute approximate surface area is 105 Å². The molecule has 5 nitrogen and oxygen atoms in total. The molecule has 2 rings (SSSR count). The van der Waals surface area contributed by atoms with Crippen LogP contribution >= 0.6 is 0 Å². The summed E-state index contributed by atoms with van der Waals surface area (Å²) in [5.41, 5.74) is 0.960. The Balaban J connectivity index is 2.18. The number of aromatic hydroxyl groups is 1. The molecule has 0 aromatic heterocycles. The van der Waals surface area contributed by atoms with Crippen molar-refractivity contribution in [3.8, 4) is 5.75 Å². The summed E-state index contributed by atoms with van der Waals surface area (Å²) in [6.45, 7) is 1.30. The summed E-state index contributed by atoms with van der Waals surface area (Å²) >= 11 is 0. The van der Waals surface area contributed by atoms with E-state index < -0.39 is 5.97 Å². The van der Waals surface area contributed by atoms with Crippen LogP contribution in [0.25, 0.3) is 0 Å². The largest absolute Gasteiger partial charge is 0.507 e. The zero-order valence-electron chi connectivity index (χ0n) is 10.2. The molecule has 0 bridgehead atoms. The van der Waals surface area contributed by atoms with E-state index in [0.717, 1.165) is 5.69 Å². The van der Waals surface area contributed by atoms with Gasteiger partial charge in [0.05, 0.1) is 7.11 Å². The summed E-state index contributed by atoms with van der Waals surface area (Å²) in [7, 11) is 1.27. The Hall–Kier alpha value is -2.04. The molecule has 1 aromatic rings. The van der Waals surface area contributed by atoms with Gasteiger partial charge in [-0.2, -0.15) is 0 Å². The molecular formula is C13H15NO4. The lowest BCUT2D eigenvalue weighted by Gasteiger charge is -2.28. The number of hydrogen-bond donors (Lipinski definition) is 1. The zero-order valence-corrected chi connectivity index (χ0v) is 10.2. The normalized spacial score (nSPS) is 15.6. The van der Waals surface area contributed by atoms with Gasteiger partial charge < -0.3 is 14.7 Å². The first-order chi connectivity index (χ1) is 8.61. The van der Waals surface area contributed by atoms with Crippen molar-refractivity contribution < 1.29 is 19.4 Å². The zero-order chi connectivity index (χ0) is 13.1. The van der Waals surface area contributed by atoms with E-state index in [1.165, 1.54) is 19.2 Å². The number of carbonyl (C=O) groups excluding carboxylic acids is 2. The third-order valence-electron chi connectivity index (χ3n) is 3.07. The van der Waals surface area contributed by atoms with Crippen LogP contribution in [-0.2, 0) is 9.53 Å². The van der Waals surface area contributed by atoms with E-state index in [9.17, 15) is 14.7 Å². The molecule has 0 unspecified atom stereocenters. The molecule has 0 atom stereocenters. The molecule has 1 saturated heterocycles. The van der Waals surface area contributed by atoms with E-state index >= 15 is 0 Å². The molecule has 0 radical (unpaired) electrons. The Morgan fingerprint density at radius 2 is 2.00 bits per heavy atom. The van der Waals surface area contributed by atoms with Crippen LogP contribution in [0.15, 0.2) is 18.2 Å². The van der Waals surface area contributed by atoms with Gasteiger partial charge in [0.2, 0.25) is 0 Å². The lowest BCUT2D eigenvalue weighted by Crippen LogP contribution is -2.33. The summed E-state index contributed by atoms with van der Waals surface area (Å²) in [4.78, 5) is 24.5. The second-order valence-corrected chi connectivity index (χ2v) is 4.22. The lowest BCUT2D eigenvalue weighted by atomic mass is 10.1. The second-order valence-electron chi connectivity index (χ2n) is 4.22. The SMILES string of the molecule is COC(=O)c1ccc(N2CCC(=O)CC2)cc1O. The van der Waals surface area contributed by atoms with E-state index in [-0.39, 0.29) is 17.1 Å². The second kappa shape index (κ2) is 5.08. The summed E-state index contributed by atoms with van der Waals surface area (Å²) in [6, 6.07) is 4.82. The number of rotatable bonds is 2. The Bertz CT molecular complexity index is 474. The van der Waals surface area contributed by atoms with Crippen LogP contribution < -0.4 is 4.90 Å². The Morgan fingerprint density at radius 3 is 2.56 bits per heavy atom. The fourth-order valence-corrected chi connectivity index (χ4v) is 2.01. The number of nitrogens with zero attached hydrogens (tertiary/aromatic N) is 1. The topological polar surface area (TPSA) is 66.8 Å². The maximum absolute atomic E-state index is 11.3. The average Bonchev–Trinajstić information content (AvgIpc) is 2.38. The minimum atomic E-state index is -0.562. The number of phenolic OH excluding ortho intramolecular Hbond substituents is 1. The lowest BCUT2D eigenvalue weighted by molar-refractivity contribution is -0.119. The number of benzene rings is 1. The fourth-order valence-electron chi connectivity index (χ4n) is 2.01. The molecule has 5 heteroatoms. The van der Waals surface area contributed by atoms with Crippen molar-refractivity contribution in [3.63, 3.8) is 0 Å². The molecule has 0 saturated carbocycles. The first-order valence-corrected chi connectivity index (χ1v) is 5.80. The molecule has 1 N–H and O–H groups in total. The fraction of sp³-hybridized carbons (Fsp3) is 0.385. The van der Waals surface area contributed by atoms with Gasteiger partial charge in [-0.1, -0.05) is 0 Å². The van der Waals surface area contributed by atoms with E-state index in [4.69, 9.17) is 0 Å². The minimum Gasteiger partial charge on any atom is -0.507 e. The van der Waals surface area contributed by atoms with Crippen molar-refractivity contribution in [2.45, 2.75) is 12.8 Å². The molecule has 1 aliphatic rings. The average molecular weight is 249 g/mol. The summed E-state index contributed by atoms with van der Waals surface area (Å²) in [5, 5.41) is 9.78. The van der Waals surface area contributed by atoms with E-state index in [1.54, 1.807) is 6.07 Å². The van der Waals surface area contributed by atoms with Gasteiger partial charge in [-0.15, -0.1) is 0 Å². The van der Waals surface area contributed by atoms with Gasteiger partial charge in [-0.3, -0.25) is 4.79 Å². The minimum absolute atomic E-state index is 0.101. The Kier molecular flexibility index (Phi) is 3.50. The van der Waals surface area contributed by atoms with Gasteiger partial charge in [0.15, 0.2) is 0 Å². The van der Waals surface area contributed by atoms with Crippen LogP contribution in [0.4, 0.5) is 5.69 Å². The van der Waals surface area contributed by atoms with Gasteiger partial charge >= 0.3 is 5.97 Å². The number of hydrogen-bond acceptors (Lipinski definition) is 5. The maximum Gasteiger partial charge on any atom is 0.341 e. The number of methoxy groups -OCH3 is 1. The molecular weight excluding hydrogens is 234 g/mol. The number of anilines is 1. The van der Waals surface area contributed by atoms with Crippen LogP contribution in [0.5, 0.6) is 5.75 Å². The summed E-state index contributed by atoms with van der Waals surface area (Å²) in [5.74, 6) is -0.397. The first kappa shape index (κ1) is 12.4. The van der Waals surface area contributed by atoms with Crippen molar-refractivity contribution in [2.75, 3.05) is 25.1 Å². The van der Waals surface area contributed by atoms with E-state index in [2.05, 4.69) is 4.74 Å². The first-order valence-electron chi connectivity index (χ1n) is 5.80. The number of esters is 1. The van der Waals surface area contributed by atoms with Gasteiger partial charge in [-0.05, 0) is 12.1 Å². The monoisotopic (exact) mass is 249 g/mol. The highest BCUT2D eigenvalue weighted by Crippen LogP contribution is 2.26. The molecule has 1 heterocycles. The molecule has 18 heavy (non-hydrogen) atoms. The van der Waals surface area contributed by atoms with Crippen LogP contribution in [0.3, 0.4) is 0 Å². The van der Waals surface area contributed by atoms with Crippen LogP contribution in [0.1, 0.15) is 23.2 Å². The highest BCUT2D eigenvalue weighted by Gasteiger charge is 2.18. The Morgan fingerprint density at radius 1 is 1.33 bits per heavy atom. The maximum atomic E-state index is 11.3. The van der Waals surface area contributed by atoms with Crippen molar-refractivity contribution in [1.82, 2.24) is 0 Å². The number of phenols is 1. The molecule has 0 amide bonds. The molecule has 0 aliphatic carbocycles. The molecule has 0 spiro atoms. The van der Waals surface area contributed by atoms with E-state index in [0.29, 0.717) is 25.9 Å². The molecule has 1 aromatic carbocycles. The van der Waals surface area contributed by atoms with E-state index in [1.807, 2.05) is 4.90 Å². The van der Waals surface area contributed by atoms with Crippen LogP contribution in [-0.4, -0.2) is 37.1 Å². The quantitative estimate of drug-likeness (QED) is 0.801. The van der Waals surface area contributed by atoms with Gasteiger partial charge in [-0.25, -0.2) is 4.79 Å². The van der Waals surface area contributed by atoms with Gasteiger partial charge in [0, 0.05) is 37.7 Å². The highest BCUT2D eigenvalue weighted by atomic mass is 16.5. The summed E-state index contributed by atoms with van der Waals surface area (Å²) in [6.07, 6.45) is 1.05. The third kappa shape index (κ3) is 2.45. The molecule has 1 fully saturated rings. The van der Waals surface area contributed by atoms with Crippen molar-refractivity contribution in [2.24, 2.45) is 0 Å². The number of piperidine rings is 1. The van der Waals surface area contributed by atoms with Crippen LogP contribution in [0.2, 0.25) is 0 Å². The number of ketones is 1. The predicted octanol–water partition coefficient (Wildman–Crippen LogP) is 1.35. The van der Waals surface area contributed by atoms with Crippen molar-refractivity contribution in [1.29, 1.82) is 0 Å². The predicted molar refractivity (Wildman–Crippen MR) is 65.9 cm³/mol. The standard InChI is InChI=1S/C13H15NO4/c1-18-13(17)11-3-2-9(8-12(11)16)14-6-4-10(15)5-7-14/h2-3,8,16H,4-7H2,1H3.